The summed E-state index contributed by atoms with van der Waals surface area (Å²) in [5.41, 5.74) is 8.68. The third-order valence-electron chi connectivity index (χ3n) is 4.20. The standard InChI is InChI=1S/C23H20N4O3/c24-13-17-7-4-8-20(10-17)26-22(28)19-9-18(14-25)11-21(12-19)27-23(29)30-15-16-5-2-1-3-6-16/h1-12H,13,15,24H2,(H,26,28)(H,27,29). The van der Waals surface area contributed by atoms with E-state index in [-0.39, 0.29) is 23.4 Å². The summed E-state index contributed by atoms with van der Waals surface area (Å²) >= 11 is 0. The number of amides is 2. The highest BCUT2D eigenvalue weighted by Gasteiger charge is 2.12. The van der Waals surface area contributed by atoms with Crippen molar-refractivity contribution < 1.29 is 14.3 Å². The molecule has 0 aliphatic heterocycles. The van der Waals surface area contributed by atoms with Crippen LogP contribution in [0.15, 0.2) is 72.8 Å². The molecule has 7 nitrogen and oxygen atoms in total. The predicted octanol–water partition coefficient (Wildman–Crippen LogP) is 4.02. The van der Waals surface area contributed by atoms with Crippen molar-refractivity contribution in [2.45, 2.75) is 13.2 Å². The van der Waals surface area contributed by atoms with Crippen LogP contribution >= 0.6 is 0 Å². The van der Waals surface area contributed by atoms with Crippen LogP contribution in [0.2, 0.25) is 0 Å². The Bertz CT molecular complexity index is 1090. The van der Waals surface area contributed by atoms with Crippen molar-refractivity contribution in [3.63, 3.8) is 0 Å². The monoisotopic (exact) mass is 400 g/mol. The summed E-state index contributed by atoms with van der Waals surface area (Å²) in [5.74, 6) is -0.415. The molecule has 0 unspecified atom stereocenters. The summed E-state index contributed by atoms with van der Waals surface area (Å²) in [5, 5.41) is 14.6. The van der Waals surface area contributed by atoms with Gasteiger partial charge in [0.25, 0.3) is 5.91 Å². The number of nitrogens with two attached hydrogens (primary N) is 1. The Morgan fingerprint density at radius 1 is 0.900 bits per heavy atom. The Kier molecular flexibility index (Phi) is 6.77. The average molecular weight is 400 g/mol. The maximum absolute atomic E-state index is 12.6. The van der Waals surface area contributed by atoms with Gasteiger partial charge in [0.05, 0.1) is 11.6 Å². The number of nitriles is 1. The van der Waals surface area contributed by atoms with Gasteiger partial charge in [-0.2, -0.15) is 5.26 Å². The minimum atomic E-state index is -0.684. The molecule has 150 valence electrons. The van der Waals surface area contributed by atoms with E-state index in [1.165, 1.54) is 18.2 Å². The van der Waals surface area contributed by atoms with Crippen molar-refractivity contribution in [1.29, 1.82) is 5.26 Å². The quantitative estimate of drug-likeness (QED) is 0.578. The van der Waals surface area contributed by atoms with Crippen LogP contribution < -0.4 is 16.4 Å². The van der Waals surface area contributed by atoms with Crippen LogP contribution in [0.4, 0.5) is 16.2 Å². The summed E-state index contributed by atoms with van der Waals surface area (Å²) < 4.78 is 5.18. The van der Waals surface area contributed by atoms with Gasteiger partial charge in [-0.1, -0.05) is 42.5 Å². The fraction of sp³-hybridized carbons (Fsp3) is 0.0870. The van der Waals surface area contributed by atoms with Crippen molar-refractivity contribution in [2.75, 3.05) is 10.6 Å². The third kappa shape index (κ3) is 5.67. The van der Waals surface area contributed by atoms with Gasteiger partial charge >= 0.3 is 6.09 Å². The van der Waals surface area contributed by atoms with Gasteiger partial charge in [0.2, 0.25) is 0 Å². The summed E-state index contributed by atoms with van der Waals surface area (Å²) in [6.45, 7) is 0.461. The maximum Gasteiger partial charge on any atom is 0.411 e. The fourth-order valence-electron chi connectivity index (χ4n) is 2.75. The van der Waals surface area contributed by atoms with Crippen molar-refractivity contribution in [3.05, 3.63) is 95.1 Å². The molecule has 0 bridgehead atoms. The fourth-order valence-corrected chi connectivity index (χ4v) is 2.75. The van der Waals surface area contributed by atoms with Crippen LogP contribution in [-0.4, -0.2) is 12.0 Å². The van der Waals surface area contributed by atoms with Gasteiger partial charge in [-0.05, 0) is 41.5 Å². The van der Waals surface area contributed by atoms with Gasteiger partial charge in [-0.15, -0.1) is 0 Å². The van der Waals surface area contributed by atoms with Crippen LogP contribution in [-0.2, 0) is 17.9 Å². The molecule has 0 aliphatic rings. The van der Waals surface area contributed by atoms with Crippen molar-refractivity contribution in [2.24, 2.45) is 5.73 Å². The van der Waals surface area contributed by atoms with Crippen LogP contribution in [0.3, 0.4) is 0 Å². The van der Waals surface area contributed by atoms with E-state index >= 15 is 0 Å². The van der Waals surface area contributed by atoms with E-state index in [9.17, 15) is 14.9 Å². The first-order chi connectivity index (χ1) is 14.6. The number of hydrogen-bond acceptors (Lipinski definition) is 5. The van der Waals surface area contributed by atoms with E-state index in [1.807, 2.05) is 42.5 Å². The van der Waals surface area contributed by atoms with Crippen LogP contribution in [0.1, 0.15) is 27.0 Å². The largest absolute Gasteiger partial charge is 0.444 e. The zero-order chi connectivity index (χ0) is 21.3. The Balaban J connectivity index is 1.70. The molecular weight excluding hydrogens is 380 g/mol. The topological polar surface area (TPSA) is 117 Å². The van der Waals surface area contributed by atoms with E-state index in [1.54, 1.807) is 18.2 Å². The minimum absolute atomic E-state index is 0.107. The zero-order valence-electron chi connectivity index (χ0n) is 16.1. The second-order valence-corrected chi connectivity index (χ2v) is 6.46. The van der Waals surface area contributed by atoms with Gasteiger partial charge in [-0.3, -0.25) is 10.1 Å². The first kappa shape index (κ1) is 20.6. The second-order valence-electron chi connectivity index (χ2n) is 6.46. The number of anilines is 2. The smallest absolute Gasteiger partial charge is 0.411 e. The van der Waals surface area contributed by atoms with Gasteiger partial charge in [0.1, 0.15) is 6.61 Å². The summed E-state index contributed by atoms with van der Waals surface area (Å²) in [4.78, 5) is 24.7. The normalized spacial score (nSPS) is 10.0. The summed E-state index contributed by atoms with van der Waals surface area (Å²) in [6.07, 6.45) is -0.684. The Morgan fingerprint density at radius 3 is 2.40 bits per heavy atom. The molecule has 0 aromatic heterocycles. The van der Waals surface area contributed by atoms with Gasteiger partial charge < -0.3 is 15.8 Å². The number of ether oxygens (including phenoxy) is 1. The van der Waals surface area contributed by atoms with Crippen LogP contribution in [0, 0.1) is 11.3 Å². The Morgan fingerprint density at radius 2 is 1.67 bits per heavy atom. The van der Waals surface area contributed by atoms with E-state index in [0.717, 1.165) is 11.1 Å². The molecule has 0 atom stereocenters. The average Bonchev–Trinajstić information content (AvgIpc) is 2.78. The minimum Gasteiger partial charge on any atom is -0.444 e. The predicted molar refractivity (Wildman–Crippen MR) is 114 cm³/mol. The molecule has 0 heterocycles. The molecule has 0 fully saturated rings. The molecule has 7 heteroatoms. The van der Waals surface area contributed by atoms with Crippen LogP contribution in [0.25, 0.3) is 0 Å². The zero-order valence-corrected chi connectivity index (χ0v) is 16.1. The van der Waals surface area contributed by atoms with Gasteiger partial charge in [0.15, 0.2) is 0 Å². The van der Waals surface area contributed by atoms with E-state index in [4.69, 9.17) is 10.5 Å². The lowest BCUT2D eigenvalue weighted by atomic mass is 10.1. The number of carbonyl (C=O) groups excluding carboxylic acids is 2. The van der Waals surface area contributed by atoms with Crippen molar-refractivity contribution in [1.82, 2.24) is 0 Å². The lowest BCUT2D eigenvalue weighted by molar-refractivity contribution is 0.102. The lowest BCUT2D eigenvalue weighted by Crippen LogP contribution is -2.16. The number of benzene rings is 3. The highest BCUT2D eigenvalue weighted by Crippen LogP contribution is 2.18. The van der Waals surface area contributed by atoms with Crippen LogP contribution in [0.5, 0.6) is 0 Å². The second kappa shape index (κ2) is 9.87. The molecular formula is C23H20N4O3. The molecule has 0 spiro atoms. The third-order valence-corrected chi connectivity index (χ3v) is 4.20. The maximum atomic E-state index is 12.6. The number of nitrogens with zero attached hydrogens (tertiary/aromatic N) is 1. The Labute approximate surface area is 174 Å². The lowest BCUT2D eigenvalue weighted by Gasteiger charge is -2.10. The molecule has 3 aromatic rings. The highest BCUT2D eigenvalue weighted by atomic mass is 16.5. The van der Waals surface area contributed by atoms with Gasteiger partial charge in [-0.25, -0.2) is 4.79 Å². The van der Waals surface area contributed by atoms with E-state index in [0.29, 0.717) is 12.2 Å². The number of carbonyl (C=O) groups is 2. The first-order valence-electron chi connectivity index (χ1n) is 9.20. The Hall–Kier alpha value is -4.15. The molecule has 3 aromatic carbocycles. The molecule has 0 saturated heterocycles. The SMILES string of the molecule is N#Cc1cc(NC(=O)OCc2ccccc2)cc(C(=O)Nc2cccc(CN)c2)c1. The number of rotatable bonds is 6. The van der Waals surface area contributed by atoms with Crippen molar-refractivity contribution in [3.8, 4) is 6.07 Å². The molecule has 2 amide bonds. The molecule has 4 N–H and O–H groups in total. The molecule has 0 saturated carbocycles. The number of hydrogen-bond donors (Lipinski definition) is 3. The highest BCUT2D eigenvalue weighted by molar-refractivity contribution is 6.05. The van der Waals surface area contributed by atoms with E-state index in [2.05, 4.69) is 10.6 Å². The summed E-state index contributed by atoms with van der Waals surface area (Å²) in [6, 6.07) is 22.8. The number of nitrogens with one attached hydrogen (secondary N) is 2. The summed E-state index contributed by atoms with van der Waals surface area (Å²) in [7, 11) is 0. The molecule has 0 radical (unpaired) electrons. The molecule has 30 heavy (non-hydrogen) atoms. The molecule has 3 rings (SSSR count). The molecule has 0 aliphatic carbocycles. The van der Waals surface area contributed by atoms with Gasteiger partial charge in [0, 0.05) is 23.5 Å². The first-order valence-corrected chi connectivity index (χ1v) is 9.20. The van der Waals surface area contributed by atoms with E-state index < -0.39 is 12.0 Å². The van der Waals surface area contributed by atoms with Crippen molar-refractivity contribution >= 4 is 23.4 Å².